The van der Waals surface area contributed by atoms with Crippen molar-refractivity contribution in [3.63, 3.8) is 0 Å². The van der Waals surface area contributed by atoms with Crippen LogP contribution in [0.4, 0.5) is 0 Å². The van der Waals surface area contributed by atoms with Crippen LogP contribution in [0.1, 0.15) is 28.8 Å². The van der Waals surface area contributed by atoms with Gasteiger partial charge in [0.05, 0.1) is 11.3 Å². The first-order chi connectivity index (χ1) is 13.5. The zero-order valence-corrected chi connectivity index (χ0v) is 18.0. The Kier molecular flexibility index (Phi) is 7.27. The van der Waals surface area contributed by atoms with Crippen molar-refractivity contribution in [2.75, 3.05) is 25.9 Å². The molecule has 0 N–H and O–H groups in total. The predicted molar refractivity (Wildman–Crippen MR) is 115 cm³/mol. The van der Waals surface area contributed by atoms with Crippen LogP contribution < -0.4 is 0 Å². The van der Waals surface area contributed by atoms with Gasteiger partial charge in [0.1, 0.15) is 0 Å². The van der Waals surface area contributed by atoms with Crippen LogP contribution in [0.5, 0.6) is 0 Å². The molecular formula is C21H22Cl2N2O2S. The van der Waals surface area contributed by atoms with Gasteiger partial charge in [0.2, 0.25) is 5.91 Å². The first-order valence-corrected chi connectivity index (χ1v) is 10.9. The number of thioether (sulfide) groups is 1. The highest BCUT2D eigenvalue weighted by molar-refractivity contribution is 8.00. The maximum atomic E-state index is 13.0. The highest BCUT2D eigenvalue weighted by Gasteiger charge is 2.20. The van der Waals surface area contributed by atoms with Gasteiger partial charge in [-0.25, -0.2) is 0 Å². The molecule has 28 heavy (non-hydrogen) atoms. The minimum Gasteiger partial charge on any atom is -0.342 e. The van der Waals surface area contributed by atoms with E-state index in [2.05, 4.69) is 0 Å². The first-order valence-electron chi connectivity index (χ1n) is 9.14. The molecule has 0 radical (unpaired) electrons. The highest BCUT2D eigenvalue weighted by atomic mass is 35.5. The van der Waals surface area contributed by atoms with Crippen LogP contribution in [0.3, 0.4) is 0 Å². The molecule has 0 saturated carbocycles. The van der Waals surface area contributed by atoms with Crippen LogP contribution in [0.2, 0.25) is 10.0 Å². The summed E-state index contributed by atoms with van der Waals surface area (Å²) in [4.78, 5) is 29.7. The second kappa shape index (κ2) is 9.68. The van der Waals surface area contributed by atoms with Gasteiger partial charge in [-0.2, -0.15) is 0 Å². The summed E-state index contributed by atoms with van der Waals surface area (Å²) < 4.78 is 0. The largest absolute Gasteiger partial charge is 0.342 e. The van der Waals surface area contributed by atoms with Crippen molar-refractivity contribution < 1.29 is 9.59 Å². The lowest BCUT2D eigenvalue weighted by Crippen LogP contribution is -2.29. The third-order valence-electron chi connectivity index (χ3n) is 4.70. The molecule has 1 aliphatic rings. The molecule has 3 rings (SSSR count). The smallest absolute Gasteiger partial charge is 0.255 e. The second-order valence-corrected chi connectivity index (χ2v) is 8.63. The number of amides is 2. The van der Waals surface area contributed by atoms with Gasteiger partial charge >= 0.3 is 0 Å². The summed E-state index contributed by atoms with van der Waals surface area (Å²) in [6, 6.07) is 12.7. The predicted octanol–water partition coefficient (Wildman–Crippen LogP) is 4.98. The van der Waals surface area contributed by atoms with Gasteiger partial charge in [-0.1, -0.05) is 41.4 Å². The van der Waals surface area contributed by atoms with Crippen LogP contribution in [-0.4, -0.2) is 47.5 Å². The monoisotopic (exact) mass is 436 g/mol. The minimum absolute atomic E-state index is 0.109. The average Bonchev–Trinajstić information content (AvgIpc) is 3.23. The molecule has 2 amide bonds. The van der Waals surface area contributed by atoms with E-state index in [-0.39, 0.29) is 11.8 Å². The number of benzene rings is 2. The van der Waals surface area contributed by atoms with Crippen molar-refractivity contribution in [1.82, 2.24) is 9.80 Å². The molecular weight excluding hydrogens is 415 g/mol. The van der Waals surface area contributed by atoms with Crippen LogP contribution in [0.15, 0.2) is 47.4 Å². The number of hydrogen-bond donors (Lipinski definition) is 0. The lowest BCUT2D eigenvalue weighted by atomic mass is 10.1. The van der Waals surface area contributed by atoms with Gasteiger partial charge in [0, 0.05) is 41.6 Å². The summed E-state index contributed by atoms with van der Waals surface area (Å²) in [7, 11) is 1.74. The third kappa shape index (κ3) is 5.22. The first kappa shape index (κ1) is 21.0. The molecule has 7 heteroatoms. The second-order valence-electron chi connectivity index (χ2n) is 6.77. The Hall–Kier alpha value is -1.69. The molecule has 2 aromatic carbocycles. The molecule has 1 saturated heterocycles. The Morgan fingerprint density at radius 1 is 1.11 bits per heavy atom. The summed E-state index contributed by atoms with van der Waals surface area (Å²) in [6.07, 6.45) is 2.15. The zero-order chi connectivity index (χ0) is 20.1. The Bertz CT molecular complexity index is 869. The molecule has 1 heterocycles. The quantitative estimate of drug-likeness (QED) is 0.599. The van der Waals surface area contributed by atoms with E-state index in [4.69, 9.17) is 23.2 Å². The third-order valence-corrected chi connectivity index (χ3v) is 6.34. The topological polar surface area (TPSA) is 40.6 Å². The molecule has 1 fully saturated rings. The van der Waals surface area contributed by atoms with Gasteiger partial charge in [0.25, 0.3) is 5.91 Å². The highest BCUT2D eigenvalue weighted by Crippen LogP contribution is 2.26. The van der Waals surface area contributed by atoms with Gasteiger partial charge in [-0.15, -0.1) is 11.8 Å². The molecule has 1 aliphatic heterocycles. The summed E-state index contributed by atoms with van der Waals surface area (Å²) in [5.74, 6) is 0.366. The van der Waals surface area contributed by atoms with Crippen molar-refractivity contribution >= 4 is 46.8 Å². The van der Waals surface area contributed by atoms with E-state index in [0.29, 0.717) is 27.9 Å². The molecule has 4 nitrogen and oxygen atoms in total. The number of carbonyl (C=O) groups is 2. The fourth-order valence-electron chi connectivity index (χ4n) is 3.15. The van der Waals surface area contributed by atoms with Crippen LogP contribution in [-0.2, 0) is 11.3 Å². The Labute approximate surface area is 179 Å². The Balaban J connectivity index is 1.68. The van der Waals surface area contributed by atoms with Crippen molar-refractivity contribution in [2.24, 2.45) is 0 Å². The number of rotatable bonds is 6. The van der Waals surface area contributed by atoms with E-state index in [1.54, 1.807) is 30.1 Å². The summed E-state index contributed by atoms with van der Waals surface area (Å²) in [5, 5.41) is 1.10. The Morgan fingerprint density at radius 2 is 1.82 bits per heavy atom. The van der Waals surface area contributed by atoms with E-state index in [1.165, 1.54) is 11.8 Å². The molecule has 148 valence electrons. The average molecular weight is 437 g/mol. The summed E-state index contributed by atoms with van der Waals surface area (Å²) in [5.41, 5.74) is 1.42. The molecule has 0 aromatic heterocycles. The minimum atomic E-state index is -0.109. The number of likely N-dealkylation sites (tertiary alicyclic amines) is 1. The molecule has 0 spiro atoms. The van der Waals surface area contributed by atoms with E-state index in [1.807, 2.05) is 29.2 Å². The lowest BCUT2D eigenvalue weighted by Gasteiger charge is -2.20. The Morgan fingerprint density at radius 3 is 2.54 bits per heavy atom. The van der Waals surface area contributed by atoms with Crippen molar-refractivity contribution in [3.05, 3.63) is 63.6 Å². The summed E-state index contributed by atoms with van der Waals surface area (Å²) >= 11 is 13.6. The molecule has 0 unspecified atom stereocenters. The van der Waals surface area contributed by atoms with Crippen molar-refractivity contribution in [1.29, 1.82) is 0 Å². The standard InChI is InChI=1S/C21H22Cl2N2O2S/c1-24(13-15-8-9-16(22)12-18(15)23)21(27)17-6-2-3-7-19(17)28-14-20(26)25-10-4-5-11-25/h2-3,6-9,12H,4-5,10-11,13-14H2,1H3. The zero-order valence-electron chi connectivity index (χ0n) is 15.7. The SMILES string of the molecule is CN(Cc1ccc(Cl)cc1Cl)C(=O)c1ccccc1SCC(=O)N1CCCC1. The fourth-order valence-corrected chi connectivity index (χ4v) is 4.56. The maximum absolute atomic E-state index is 13.0. The molecule has 0 bridgehead atoms. The fraction of sp³-hybridized carbons (Fsp3) is 0.333. The number of nitrogens with zero attached hydrogens (tertiary/aromatic N) is 2. The van der Waals surface area contributed by atoms with Gasteiger partial charge < -0.3 is 9.80 Å². The van der Waals surface area contributed by atoms with Gasteiger partial charge in [-0.3, -0.25) is 9.59 Å². The normalized spacial score (nSPS) is 13.6. The van der Waals surface area contributed by atoms with Crippen molar-refractivity contribution in [2.45, 2.75) is 24.3 Å². The lowest BCUT2D eigenvalue weighted by molar-refractivity contribution is -0.127. The number of hydrogen-bond acceptors (Lipinski definition) is 3. The molecule has 0 aliphatic carbocycles. The van der Waals surface area contributed by atoms with Crippen LogP contribution >= 0.6 is 35.0 Å². The van der Waals surface area contributed by atoms with Crippen LogP contribution in [0.25, 0.3) is 0 Å². The van der Waals surface area contributed by atoms with Crippen molar-refractivity contribution in [3.8, 4) is 0 Å². The molecule has 2 aromatic rings. The maximum Gasteiger partial charge on any atom is 0.255 e. The van der Waals surface area contributed by atoms with E-state index < -0.39 is 0 Å². The van der Waals surface area contributed by atoms with Gasteiger partial charge in [-0.05, 0) is 42.7 Å². The van der Waals surface area contributed by atoms with E-state index in [9.17, 15) is 9.59 Å². The van der Waals surface area contributed by atoms with E-state index >= 15 is 0 Å². The summed E-state index contributed by atoms with van der Waals surface area (Å²) in [6.45, 7) is 2.05. The van der Waals surface area contributed by atoms with E-state index in [0.717, 1.165) is 36.4 Å². The number of halogens is 2. The van der Waals surface area contributed by atoms with Gasteiger partial charge in [0.15, 0.2) is 0 Å². The molecule has 0 atom stereocenters. The number of carbonyl (C=O) groups excluding carboxylic acids is 2. The van der Waals surface area contributed by atoms with Crippen LogP contribution in [0, 0.1) is 0 Å².